The molecule has 2 aromatic carbocycles. The Morgan fingerprint density at radius 3 is 1.91 bits per heavy atom. The number of thioether (sulfide) groups is 1. The van der Waals surface area contributed by atoms with Crippen LogP contribution >= 0.6 is 11.8 Å². The maximum atomic E-state index is 5.42. The summed E-state index contributed by atoms with van der Waals surface area (Å²) in [5.74, 6) is 3.01. The Kier molecular flexibility index (Phi) is 5.01. The molecule has 0 aliphatic rings. The van der Waals surface area contributed by atoms with Crippen LogP contribution in [0.1, 0.15) is 12.8 Å². The van der Waals surface area contributed by atoms with Crippen LogP contribution in [0.5, 0.6) is 11.5 Å². The van der Waals surface area contributed by atoms with E-state index in [2.05, 4.69) is 35.1 Å². The Balaban J connectivity index is 2.12. The highest BCUT2D eigenvalue weighted by atomic mass is 32.2. The van der Waals surface area contributed by atoms with Gasteiger partial charge in [0.1, 0.15) is 11.5 Å². The molecule has 0 spiro atoms. The molecule has 4 heteroatoms. The van der Waals surface area contributed by atoms with Crippen LogP contribution in [-0.4, -0.2) is 30.8 Å². The number of rotatable bonds is 7. The lowest BCUT2D eigenvalue weighted by Crippen LogP contribution is -1.99. The summed E-state index contributed by atoms with van der Waals surface area (Å²) in [7, 11) is 3.44. The zero-order valence-corrected chi connectivity index (χ0v) is 14.8. The molecule has 0 unspecified atom stereocenters. The molecule has 0 bridgehead atoms. The lowest BCUT2D eigenvalue weighted by atomic mass is 10.1. The number of nitrogens with zero attached hydrogens (tertiary/aromatic N) is 1. The van der Waals surface area contributed by atoms with E-state index in [9.17, 15) is 0 Å². The summed E-state index contributed by atoms with van der Waals surface area (Å²) < 4.78 is 13.2. The van der Waals surface area contributed by atoms with E-state index in [0.717, 1.165) is 18.0 Å². The molecule has 0 N–H and O–H groups in total. The highest BCUT2D eigenvalue weighted by molar-refractivity contribution is 7.98. The summed E-state index contributed by atoms with van der Waals surface area (Å²) >= 11 is 1.91. The van der Waals surface area contributed by atoms with Crippen molar-refractivity contribution in [3.63, 3.8) is 0 Å². The molecule has 1 heterocycles. The molecule has 0 saturated carbocycles. The lowest BCUT2D eigenvalue weighted by Gasteiger charge is -2.09. The molecular formula is C19H23NO2S. The third kappa shape index (κ3) is 3.13. The Morgan fingerprint density at radius 1 is 0.870 bits per heavy atom. The average molecular weight is 329 g/mol. The maximum Gasteiger partial charge on any atom is 0.120 e. The number of fused-ring (bicyclic) bond motifs is 3. The van der Waals surface area contributed by atoms with Gasteiger partial charge in [-0.1, -0.05) is 0 Å². The maximum absolute atomic E-state index is 5.42. The molecular weight excluding hydrogens is 306 g/mol. The summed E-state index contributed by atoms with van der Waals surface area (Å²) in [6.45, 7) is 1.01. The van der Waals surface area contributed by atoms with Crippen molar-refractivity contribution in [2.45, 2.75) is 19.4 Å². The number of unbranched alkanes of at least 4 members (excludes halogenated alkanes) is 1. The minimum Gasteiger partial charge on any atom is -0.497 e. The molecule has 0 aliphatic carbocycles. The predicted molar refractivity (Wildman–Crippen MR) is 100 cm³/mol. The van der Waals surface area contributed by atoms with E-state index in [-0.39, 0.29) is 0 Å². The number of ether oxygens (including phenoxy) is 2. The summed E-state index contributed by atoms with van der Waals surface area (Å²) in [6, 6.07) is 12.6. The third-order valence-corrected chi connectivity index (χ3v) is 4.96. The first kappa shape index (κ1) is 16.1. The molecule has 0 atom stereocenters. The van der Waals surface area contributed by atoms with Crippen molar-refractivity contribution in [3.8, 4) is 11.5 Å². The number of hydrogen-bond donors (Lipinski definition) is 0. The fourth-order valence-electron chi connectivity index (χ4n) is 3.07. The smallest absolute Gasteiger partial charge is 0.120 e. The van der Waals surface area contributed by atoms with Crippen LogP contribution in [0.15, 0.2) is 36.4 Å². The van der Waals surface area contributed by atoms with Gasteiger partial charge in [0.2, 0.25) is 0 Å². The quantitative estimate of drug-likeness (QED) is 0.573. The van der Waals surface area contributed by atoms with E-state index in [1.165, 1.54) is 40.4 Å². The Hall–Kier alpha value is -1.81. The lowest BCUT2D eigenvalue weighted by molar-refractivity contribution is 0.415. The molecule has 0 radical (unpaired) electrons. The molecule has 0 aliphatic heterocycles. The zero-order valence-electron chi connectivity index (χ0n) is 14.0. The second kappa shape index (κ2) is 7.18. The van der Waals surface area contributed by atoms with Crippen molar-refractivity contribution in [1.29, 1.82) is 0 Å². The number of hydrogen-bond acceptors (Lipinski definition) is 3. The third-order valence-electron chi connectivity index (χ3n) is 4.26. The van der Waals surface area contributed by atoms with Crippen LogP contribution < -0.4 is 9.47 Å². The van der Waals surface area contributed by atoms with Crippen LogP contribution in [-0.2, 0) is 6.54 Å². The van der Waals surface area contributed by atoms with Crippen LogP contribution in [0, 0.1) is 0 Å². The summed E-state index contributed by atoms with van der Waals surface area (Å²) in [5.41, 5.74) is 2.47. The molecule has 3 aromatic rings. The van der Waals surface area contributed by atoms with Gasteiger partial charge in [-0.25, -0.2) is 0 Å². The second-order valence-corrected chi connectivity index (χ2v) is 6.60. The average Bonchev–Trinajstić information content (AvgIpc) is 2.90. The molecule has 122 valence electrons. The van der Waals surface area contributed by atoms with E-state index in [1.54, 1.807) is 14.2 Å². The van der Waals surface area contributed by atoms with Crippen LogP contribution in [0.25, 0.3) is 21.8 Å². The van der Waals surface area contributed by atoms with Gasteiger partial charge in [0.25, 0.3) is 0 Å². The van der Waals surface area contributed by atoms with Gasteiger partial charge in [-0.3, -0.25) is 0 Å². The Labute approximate surface area is 141 Å². The fraction of sp³-hybridized carbons (Fsp3) is 0.368. The van der Waals surface area contributed by atoms with Gasteiger partial charge in [-0.2, -0.15) is 11.8 Å². The largest absolute Gasteiger partial charge is 0.497 e. The normalized spacial score (nSPS) is 11.3. The van der Waals surface area contributed by atoms with Crippen LogP contribution in [0.2, 0.25) is 0 Å². The fourth-order valence-corrected chi connectivity index (χ4v) is 3.56. The molecule has 0 amide bonds. The number of aromatic nitrogens is 1. The van der Waals surface area contributed by atoms with Gasteiger partial charge >= 0.3 is 0 Å². The molecule has 3 nitrogen and oxygen atoms in total. The summed E-state index contributed by atoms with van der Waals surface area (Å²) in [6.07, 6.45) is 4.57. The standard InChI is InChI=1S/C19H23NO2S/c1-21-14-6-8-16-17-9-7-15(22-2)13-19(17)20(18(16)12-14)10-4-5-11-23-3/h6-9,12-13H,4-5,10-11H2,1-3H3. The van der Waals surface area contributed by atoms with E-state index in [0.29, 0.717) is 0 Å². The van der Waals surface area contributed by atoms with Gasteiger partial charge in [-0.15, -0.1) is 0 Å². The van der Waals surface area contributed by atoms with Crippen LogP contribution in [0.4, 0.5) is 0 Å². The van der Waals surface area contributed by atoms with Gasteiger partial charge in [0.05, 0.1) is 25.3 Å². The van der Waals surface area contributed by atoms with Crippen molar-refractivity contribution in [2.75, 3.05) is 26.2 Å². The van der Waals surface area contributed by atoms with Crippen molar-refractivity contribution in [3.05, 3.63) is 36.4 Å². The van der Waals surface area contributed by atoms with Crippen molar-refractivity contribution in [1.82, 2.24) is 4.57 Å². The first-order valence-electron chi connectivity index (χ1n) is 7.91. The summed E-state index contributed by atoms with van der Waals surface area (Å²) in [4.78, 5) is 0. The van der Waals surface area contributed by atoms with E-state index in [1.807, 2.05) is 23.9 Å². The van der Waals surface area contributed by atoms with Gasteiger partial charge in [-0.05, 0) is 49.1 Å². The first-order valence-corrected chi connectivity index (χ1v) is 9.31. The van der Waals surface area contributed by atoms with Gasteiger partial charge in [0, 0.05) is 29.4 Å². The SMILES string of the molecule is COc1ccc2c3ccc(OC)cc3n(CCCCSC)c2c1. The Morgan fingerprint density at radius 2 is 1.43 bits per heavy atom. The molecule has 1 aromatic heterocycles. The summed E-state index contributed by atoms with van der Waals surface area (Å²) in [5, 5.41) is 2.54. The minimum absolute atomic E-state index is 0.901. The molecule has 23 heavy (non-hydrogen) atoms. The first-order chi connectivity index (χ1) is 11.3. The van der Waals surface area contributed by atoms with E-state index < -0.39 is 0 Å². The monoisotopic (exact) mass is 329 g/mol. The van der Waals surface area contributed by atoms with Gasteiger partial charge in [0.15, 0.2) is 0 Å². The topological polar surface area (TPSA) is 23.4 Å². The Bertz CT molecular complexity index is 749. The zero-order chi connectivity index (χ0) is 16.2. The molecule has 3 rings (SSSR count). The minimum atomic E-state index is 0.901. The van der Waals surface area contributed by atoms with E-state index in [4.69, 9.17) is 9.47 Å². The number of benzene rings is 2. The predicted octanol–water partition coefficient (Wildman–Crippen LogP) is 4.95. The van der Waals surface area contributed by atoms with Crippen molar-refractivity contribution in [2.24, 2.45) is 0 Å². The number of aryl methyl sites for hydroxylation is 1. The van der Waals surface area contributed by atoms with Crippen molar-refractivity contribution >= 4 is 33.6 Å². The molecule has 0 saturated heterocycles. The van der Waals surface area contributed by atoms with Crippen molar-refractivity contribution < 1.29 is 9.47 Å². The molecule has 0 fully saturated rings. The second-order valence-electron chi connectivity index (χ2n) is 5.62. The highest BCUT2D eigenvalue weighted by Crippen LogP contribution is 2.33. The van der Waals surface area contributed by atoms with E-state index >= 15 is 0 Å². The van der Waals surface area contributed by atoms with Gasteiger partial charge < -0.3 is 14.0 Å². The van der Waals surface area contributed by atoms with Crippen LogP contribution in [0.3, 0.4) is 0 Å². The number of methoxy groups -OCH3 is 2. The highest BCUT2D eigenvalue weighted by Gasteiger charge is 2.12.